The number of nitrogens with one attached hydrogen (secondary N) is 1. The zero-order valence-electron chi connectivity index (χ0n) is 13.2. The van der Waals surface area contributed by atoms with Crippen molar-refractivity contribution in [3.05, 3.63) is 51.4 Å². The Morgan fingerprint density at radius 2 is 2.00 bits per heavy atom. The second kappa shape index (κ2) is 7.40. The molecule has 128 valence electrons. The first-order chi connectivity index (χ1) is 11.6. The monoisotopic (exact) mass is 348 g/mol. The van der Waals surface area contributed by atoms with Gasteiger partial charge in [-0.05, 0) is 18.2 Å². The largest absolute Gasteiger partial charge is 0.388 e. The normalized spacial score (nSPS) is 16.9. The lowest BCUT2D eigenvalue weighted by Gasteiger charge is -2.32. The Morgan fingerprint density at radius 1 is 1.25 bits per heavy atom. The van der Waals surface area contributed by atoms with E-state index in [1.807, 2.05) is 12.1 Å². The number of para-hydroxylation sites is 1. The van der Waals surface area contributed by atoms with Crippen LogP contribution in [0.5, 0.6) is 0 Å². The van der Waals surface area contributed by atoms with Gasteiger partial charge in [0.1, 0.15) is 0 Å². The third kappa shape index (κ3) is 3.99. The molecule has 1 aliphatic rings. The van der Waals surface area contributed by atoms with Gasteiger partial charge in [0.2, 0.25) is 0 Å². The molecule has 0 unspecified atom stereocenters. The molecule has 3 rings (SSSR count). The first-order valence-corrected chi connectivity index (χ1v) is 8.72. The highest BCUT2D eigenvalue weighted by atomic mass is 32.1. The molecular weight excluding hydrogens is 328 g/mol. The molecule has 1 fully saturated rings. The van der Waals surface area contributed by atoms with Crippen LogP contribution >= 0.6 is 11.3 Å². The summed E-state index contributed by atoms with van der Waals surface area (Å²) in [5.74, 6) is 0. The molecule has 1 aliphatic heterocycles. The van der Waals surface area contributed by atoms with Gasteiger partial charge in [0.15, 0.2) is 0 Å². The maximum Gasteiger partial charge on any atom is 0.278 e. The highest BCUT2D eigenvalue weighted by Gasteiger charge is 2.29. The summed E-state index contributed by atoms with van der Waals surface area (Å²) < 4.78 is 5.27. The third-order valence-corrected chi connectivity index (χ3v) is 5.32. The number of nitro groups is 1. The molecule has 0 bridgehead atoms. The second-order valence-corrected chi connectivity index (χ2v) is 7.15. The smallest absolute Gasteiger partial charge is 0.278 e. The molecule has 0 atom stereocenters. The molecule has 1 saturated heterocycles. The predicted octanol–water partition coefficient (Wildman–Crippen LogP) is 2.95. The second-order valence-electron chi connectivity index (χ2n) is 5.98. The summed E-state index contributed by atoms with van der Waals surface area (Å²) >= 11 is 1.53. The van der Waals surface area contributed by atoms with E-state index in [-0.39, 0.29) is 10.6 Å². The van der Waals surface area contributed by atoms with Crippen molar-refractivity contribution in [2.75, 3.05) is 19.8 Å². The fourth-order valence-corrected chi connectivity index (χ4v) is 3.82. The van der Waals surface area contributed by atoms with Gasteiger partial charge in [0.05, 0.1) is 16.1 Å². The molecular formula is C17H20N2O4S. The summed E-state index contributed by atoms with van der Waals surface area (Å²) in [6, 6.07) is 10.7. The van der Waals surface area contributed by atoms with E-state index in [2.05, 4.69) is 5.32 Å². The summed E-state index contributed by atoms with van der Waals surface area (Å²) in [6.45, 7) is 2.35. The van der Waals surface area contributed by atoms with Gasteiger partial charge in [-0.2, -0.15) is 0 Å². The molecule has 6 nitrogen and oxygen atoms in total. The standard InChI is InChI=1S/C17H20N2O4S/c20-17(7-9-23-10-8-17)12-18-11-13-5-6-16(24-13)14-3-1-2-4-15(14)19(21)22/h1-6,18,20H,7-12H2. The van der Waals surface area contributed by atoms with E-state index >= 15 is 0 Å². The summed E-state index contributed by atoms with van der Waals surface area (Å²) in [4.78, 5) is 12.8. The zero-order chi connectivity index (χ0) is 17.0. The average Bonchev–Trinajstić information content (AvgIpc) is 3.04. The summed E-state index contributed by atoms with van der Waals surface area (Å²) in [6.07, 6.45) is 1.29. The van der Waals surface area contributed by atoms with Crippen molar-refractivity contribution >= 4 is 17.0 Å². The van der Waals surface area contributed by atoms with Gasteiger partial charge < -0.3 is 15.2 Å². The highest BCUT2D eigenvalue weighted by molar-refractivity contribution is 7.15. The van der Waals surface area contributed by atoms with Crippen molar-refractivity contribution in [2.45, 2.75) is 25.0 Å². The number of hydrogen-bond donors (Lipinski definition) is 2. The van der Waals surface area contributed by atoms with Crippen LogP contribution in [0.4, 0.5) is 5.69 Å². The first kappa shape index (κ1) is 17.0. The summed E-state index contributed by atoms with van der Waals surface area (Å²) in [7, 11) is 0. The van der Waals surface area contributed by atoms with Gasteiger partial charge in [-0.15, -0.1) is 11.3 Å². The Morgan fingerprint density at radius 3 is 2.75 bits per heavy atom. The van der Waals surface area contributed by atoms with Crippen LogP contribution in [0.2, 0.25) is 0 Å². The van der Waals surface area contributed by atoms with Crippen molar-refractivity contribution in [1.82, 2.24) is 5.32 Å². The number of rotatable bonds is 6. The lowest BCUT2D eigenvalue weighted by molar-refractivity contribution is -0.384. The van der Waals surface area contributed by atoms with Gasteiger partial charge in [0.25, 0.3) is 5.69 Å². The molecule has 2 heterocycles. The van der Waals surface area contributed by atoms with Gasteiger partial charge in [-0.3, -0.25) is 10.1 Å². The van der Waals surface area contributed by atoms with Gasteiger partial charge in [-0.1, -0.05) is 12.1 Å². The average molecular weight is 348 g/mol. The molecule has 7 heteroatoms. The Labute approximate surface area is 144 Å². The lowest BCUT2D eigenvalue weighted by atomic mass is 9.94. The minimum Gasteiger partial charge on any atom is -0.388 e. The number of aliphatic hydroxyl groups is 1. The number of benzene rings is 1. The van der Waals surface area contributed by atoms with E-state index in [1.54, 1.807) is 18.2 Å². The lowest BCUT2D eigenvalue weighted by Crippen LogP contribution is -2.44. The maximum atomic E-state index is 11.1. The van der Waals surface area contributed by atoms with Crippen LogP contribution in [-0.2, 0) is 11.3 Å². The molecule has 0 saturated carbocycles. The SMILES string of the molecule is O=[N+]([O-])c1ccccc1-c1ccc(CNCC2(O)CCOCC2)s1. The molecule has 0 amide bonds. The van der Waals surface area contributed by atoms with Crippen molar-refractivity contribution < 1.29 is 14.8 Å². The minimum absolute atomic E-state index is 0.121. The number of nitrogens with zero attached hydrogens (tertiary/aromatic N) is 1. The molecule has 2 N–H and O–H groups in total. The van der Waals surface area contributed by atoms with E-state index in [4.69, 9.17) is 4.74 Å². The molecule has 0 aliphatic carbocycles. The van der Waals surface area contributed by atoms with Crippen molar-refractivity contribution in [3.8, 4) is 10.4 Å². The van der Waals surface area contributed by atoms with E-state index in [1.165, 1.54) is 17.4 Å². The van der Waals surface area contributed by atoms with E-state index in [9.17, 15) is 15.2 Å². The number of nitro benzene ring substituents is 1. The molecule has 1 aromatic carbocycles. The first-order valence-electron chi connectivity index (χ1n) is 7.91. The molecule has 2 aromatic rings. The molecule has 1 aromatic heterocycles. The van der Waals surface area contributed by atoms with Crippen molar-refractivity contribution in [3.63, 3.8) is 0 Å². The molecule has 0 spiro atoms. The van der Waals surface area contributed by atoms with Gasteiger partial charge in [-0.25, -0.2) is 0 Å². The van der Waals surface area contributed by atoms with E-state index in [0.29, 0.717) is 44.7 Å². The van der Waals surface area contributed by atoms with Crippen LogP contribution in [0.3, 0.4) is 0 Å². The summed E-state index contributed by atoms with van der Waals surface area (Å²) in [5, 5.41) is 24.8. The van der Waals surface area contributed by atoms with Crippen LogP contribution < -0.4 is 5.32 Å². The Hall–Kier alpha value is -1.80. The topological polar surface area (TPSA) is 84.6 Å². The third-order valence-electron chi connectivity index (χ3n) is 4.20. The van der Waals surface area contributed by atoms with E-state index in [0.717, 1.165) is 9.75 Å². The van der Waals surface area contributed by atoms with Crippen LogP contribution in [-0.4, -0.2) is 35.4 Å². The fourth-order valence-electron chi connectivity index (χ4n) is 2.81. The Bertz CT molecular complexity index is 710. The zero-order valence-corrected chi connectivity index (χ0v) is 14.1. The van der Waals surface area contributed by atoms with Crippen LogP contribution in [0.1, 0.15) is 17.7 Å². The van der Waals surface area contributed by atoms with Crippen LogP contribution in [0.15, 0.2) is 36.4 Å². The number of ether oxygens (including phenoxy) is 1. The summed E-state index contributed by atoms with van der Waals surface area (Å²) in [5.41, 5.74) is 0.0634. The quantitative estimate of drug-likeness (QED) is 0.619. The van der Waals surface area contributed by atoms with Gasteiger partial charge >= 0.3 is 0 Å². The van der Waals surface area contributed by atoms with E-state index < -0.39 is 5.60 Å². The van der Waals surface area contributed by atoms with Crippen molar-refractivity contribution in [1.29, 1.82) is 0 Å². The van der Waals surface area contributed by atoms with Crippen LogP contribution in [0.25, 0.3) is 10.4 Å². The van der Waals surface area contributed by atoms with Crippen LogP contribution in [0, 0.1) is 10.1 Å². The molecule has 0 radical (unpaired) electrons. The minimum atomic E-state index is -0.698. The maximum absolute atomic E-state index is 11.1. The molecule has 24 heavy (non-hydrogen) atoms. The Kier molecular flexibility index (Phi) is 5.25. The predicted molar refractivity (Wildman–Crippen MR) is 93.1 cm³/mol. The van der Waals surface area contributed by atoms with Gasteiger partial charge in [0, 0.05) is 55.0 Å². The van der Waals surface area contributed by atoms with Crippen molar-refractivity contribution in [2.24, 2.45) is 0 Å². The number of hydrogen-bond acceptors (Lipinski definition) is 6. The highest BCUT2D eigenvalue weighted by Crippen LogP contribution is 2.34. The fraction of sp³-hybridized carbons (Fsp3) is 0.412. The number of thiophene rings is 1. The Balaban J connectivity index is 1.63.